The van der Waals surface area contributed by atoms with Crippen molar-refractivity contribution in [2.75, 3.05) is 25.2 Å². The molecule has 1 fully saturated rings. The van der Waals surface area contributed by atoms with Gasteiger partial charge in [-0.2, -0.15) is 0 Å². The van der Waals surface area contributed by atoms with E-state index in [4.69, 9.17) is 10.5 Å². The fourth-order valence-corrected chi connectivity index (χ4v) is 2.57. The molecule has 1 aliphatic heterocycles. The average molecular weight is 300 g/mol. The summed E-state index contributed by atoms with van der Waals surface area (Å²) in [5, 5.41) is 0. The summed E-state index contributed by atoms with van der Waals surface area (Å²) in [4.78, 5) is 6.72. The van der Waals surface area contributed by atoms with Crippen molar-refractivity contribution in [3.8, 4) is 0 Å². The molecule has 0 aromatic carbocycles. The lowest BCUT2D eigenvalue weighted by molar-refractivity contribution is 0.0853. The van der Waals surface area contributed by atoms with Crippen LogP contribution < -0.4 is 10.6 Å². The third kappa shape index (κ3) is 2.97. The summed E-state index contributed by atoms with van der Waals surface area (Å²) < 4.78 is 6.36. The van der Waals surface area contributed by atoms with Crippen molar-refractivity contribution < 1.29 is 4.74 Å². The summed E-state index contributed by atoms with van der Waals surface area (Å²) in [6.45, 7) is 2.18. The standard InChI is InChI=1S/C12H18BrN3O/c1-16(11-2-4-17-5-3-11)12-9(7-14)6-10(13)8-15-12/h6,8,11H,2-5,7,14H2,1H3. The third-order valence-corrected chi connectivity index (χ3v) is 3.64. The Labute approximate surface area is 110 Å². The van der Waals surface area contributed by atoms with Crippen molar-refractivity contribution in [2.24, 2.45) is 5.73 Å². The molecule has 1 aromatic heterocycles. The number of nitrogens with zero attached hydrogens (tertiary/aromatic N) is 2. The first-order chi connectivity index (χ1) is 8.22. The van der Waals surface area contributed by atoms with Crippen molar-refractivity contribution in [1.29, 1.82) is 0 Å². The van der Waals surface area contributed by atoms with Crippen LogP contribution in [0.25, 0.3) is 0 Å². The topological polar surface area (TPSA) is 51.4 Å². The molecule has 1 aromatic rings. The maximum Gasteiger partial charge on any atom is 0.133 e. The zero-order chi connectivity index (χ0) is 12.3. The molecule has 1 aliphatic rings. The van der Waals surface area contributed by atoms with Gasteiger partial charge in [-0.25, -0.2) is 4.98 Å². The number of hydrogen-bond acceptors (Lipinski definition) is 4. The second-order valence-electron chi connectivity index (χ2n) is 4.29. The number of halogens is 1. The summed E-state index contributed by atoms with van der Waals surface area (Å²) in [6, 6.07) is 2.54. The molecular formula is C12H18BrN3O. The van der Waals surface area contributed by atoms with E-state index in [-0.39, 0.29) is 0 Å². The van der Waals surface area contributed by atoms with Crippen LogP contribution in [-0.2, 0) is 11.3 Å². The SMILES string of the molecule is CN(c1ncc(Br)cc1CN)C1CCOCC1. The lowest BCUT2D eigenvalue weighted by Gasteiger charge is -2.33. The molecule has 0 aliphatic carbocycles. The van der Waals surface area contributed by atoms with E-state index >= 15 is 0 Å². The van der Waals surface area contributed by atoms with E-state index in [1.54, 1.807) is 0 Å². The Hall–Kier alpha value is -0.650. The second kappa shape index (κ2) is 5.80. The van der Waals surface area contributed by atoms with Gasteiger partial charge in [0.05, 0.1) is 0 Å². The molecule has 2 heterocycles. The Morgan fingerprint density at radius 3 is 2.88 bits per heavy atom. The number of hydrogen-bond donors (Lipinski definition) is 1. The lowest BCUT2D eigenvalue weighted by atomic mass is 10.1. The maximum atomic E-state index is 5.77. The molecule has 0 bridgehead atoms. The van der Waals surface area contributed by atoms with Crippen molar-refractivity contribution in [1.82, 2.24) is 4.98 Å². The first-order valence-electron chi connectivity index (χ1n) is 5.87. The van der Waals surface area contributed by atoms with Gasteiger partial charge in [0, 0.05) is 49.1 Å². The number of pyridine rings is 1. The van der Waals surface area contributed by atoms with Gasteiger partial charge in [0.1, 0.15) is 5.82 Å². The van der Waals surface area contributed by atoms with Crippen molar-refractivity contribution in [2.45, 2.75) is 25.4 Å². The van der Waals surface area contributed by atoms with E-state index in [2.05, 4.69) is 32.9 Å². The lowest BCUT2D eigenvalue weighted by Crippen LogP contribution is -2.37. The molecule has 0 spiro atoms. The van der Waals surface area contributed by atoms with Gasteiger partial charge >= 0.3 is 0 Å². The van der Waals surface area contributed by atoms with Crippen LogP contribution in [0.5, 0.6) is 0 Å². The number of ether oxygens (including phenoxy) is 1. The molecule has 17 heavy (non-hydrogen) atoms. The van der Waals surface area contributed by atoms with Gasteiger partial charge in [-0.3, -0.25) is 0 Å². The monoisotopic (exact) mass is 299 g/mol. The number of aromatic nitrogens is 1. The Morgan fingerprint density at radius 2 is 2.24 bits per heavy atom. The van der Waals surface area contributed by atoms with E-state index in [0.29, 0.717) is 12.6 Å². The Bertz CT molecular complexity index is 380. The van der Waals surface area contributed by atoms with Crippen LogP contribution >= 0.6 is 15.9 Å². The van der Waals surface area contributed by atoms with Crippen LogP contribution in [0, 0.1) is 0 Å². The van der Waals surface area contributed by atoms with Crippen LogP contribution in [0.3, 0.4) is 0 Å². The highest BCUT2D eigenvalue weighted by Gasteiger charge is 2.21. The molecule has 2 N–H and O–H groups in total. The fourth-order valence-electron chi connectivity index (χ4n) is 2.19. The Kier molecular flexibility index (Phi) is 4.36. The molecular weight excluding hydrogens is 282 g/mol. The van der Waals surface area contributed by atoms with E-state index in [1.165, 1.54) is 0 Å². The molecule has 0 atom stereocenters. The minimum absolute atomic E-state index is 0.503. The predicted molar refractivity (Wildman–Crippen MR) is 72.1 cm³/mol. The van der Waals surface area contributed by atoms with Crippen molar-refractivity contribution >= 4 is 21.7 Å². The molecule has 1 saturated heterocycles. The van der Waals surface area contributed by atoms with E-state index in [9.17, 15) is 0 Å². The first kappa shape index (κ1) is 12.8. The number of rotatable bonds is 3. The van der Waals surface area contributed by atoms with Crippen LogP contribution in [0.4, 0.5) is 5.82 Å². The molecule has 0 radical (unpaired) electrons. The summed E-state index contributed by atoms with van der Waals surface area (Å²) in [6.07, 6.45) is 3.93. The third-order valence-electron chi connectivity index (χ3n) is 3.20. The summed E-state index contributed by atoms with van der Waals surface area (Å²) in [5.74, 6) is 0.989. The quantitative estimate of drug-likeness (QED) is 0.926. The normalized spacial score (nSPS) is 17.1. The van der Waals surface area contributed by atoms with Gasteiger partial charge in [0.15, 0.2) is 0 Å². The second-order valence-corrected chi connectivity index (χ2v) is 5.21. The summed E-state index contributed by atoms with van der Waals surface area (Å²) in [7, 11) is 2.09. The van der Waals surface area contributed by atoms with Crippen LogP contribution in [0.2, 0.25) is 0 Å². The average Bonchev–Trinajstić information content (AvgIpc) is 2.39. The highest BCUT2D eigenvalue weighted by atomic mass is 79.9. The van der Waals surface area contributed by atoms with Crippen LogP contribution in [0.1, 0.15) is 18.4 Å². The number of nitrogens with two attached hydrogens (primary N) is 1. The molecule has 0 unspecified atom stereocenters. The Balaban J connectivity index is 2.19. The van der Waals surface area contributed by atoms with Gasteiger partial charge in [-0.1, -0.05) is 0 Å². The molecule has 94 valence electrons. The van der Waals surface area contributed by atoms with Gasteiger partial charge in [0.2, 0.25) is 0 Å². The largest absolute Gasteiger partial charge is 0.381 e. The smallest absolute Gasteiger partial charge is 0.133 e. The van der Waals surface area contributed by atoms with E-state index in [0.717, 1.165) is 41.9 Å². The Morgan fingerprint density at radius 1 is 1.53 bits per heavy atom. The van der Waals surface area contributed by atoms with Crippen LogP contribution in [-0.4, -0.2) is 31.3 Å². The minimum atomic E-state index is 0.503. The molecule has 0 amide bonds. The van der Waals surface area contributed by atoms with Crippen LogP contribution in [0.15, 0.2) is 16.7 Å². The number of anilines is 1. The highest BCUT2D eigenvalue weighted by Crippen LogP contribution is 2.24. The van der Waals surface area contributed by atoms with E-state index in [1.807, 2.05) is 12.3 Å². The van der Waals surface area contributed by atoms with E-state index < -0.39 is 0 Å². The molecule has 4 nitrogen and oxygen atoms in total. The van der Waals surface area contributed by atoms with Gasteiger partial charge in [-0.05, 0) is 34.8 Å². The first-order valence-corrected chi connectivity index (χ1v) is 6.66. The molecule has 5 heteroatoms. The highest BCUT2D eigenvalue weighted by molar-refractivity contribution is 9.10. The van der Waals surface area contributed by atoms with Crippen molar-refractivity contribution in [3.05, 3.63) is 22.3 Å². The minimum Gasteiger partial charge on any atom is -0.381 e. The molecule has 0 saturated carbocycles. The summed E-state index contributed by atoms with van der Waals surface area (Å²) in [5.41, 5.74) is 6.85. The van der Waals surface area contributed by atoms with Gasteiger partial charge < -0.3 is 15.4 Å². The van der Waals surface area contributed by atoms with Gasteiger partial charge in [-0.15, -0.1) is 0 Å². The predicted octanol–water partition coefficient (Wildman–Crippen LogP) is 1.92. The zero-order valence-electron chi connectivity index (χ0n) is 10.0. The van der Waals surface area contributed by atoms with Gasteiger partial charge in [0.25, 0.3) is 0 Å². The zero-order valence-corrected chi connectivity index (χ0v) is 11.6. The maximum absolute atomic E-state index is 5.77. The summed E-state index contributed by atoms with van der Waals surface area (Å²) >= 11 is 3.43. The van der Waals surface area contributed by atoms with Crippen molar-refractivity contribution in [3.63, 3.8) is 0 Å². The fraction of sp³-hybridized carbons (Fsp3) is 0.583. The molecule has 2 rings (SSSR count).